The van der Waals surface area contributed by atoms with Gasteiger partial charge in [-0.2, -0.15) is 0 Å². The van der Waals surface area contributed by atoms with Gasteiger partial charge in [0.2, 0.25) is 0 Å². The van der Waals surface area contributed by atoms with Gasteiger partial charge in [-0.3, -0.25) is 0 Å². The zero-order valence-electron chi connectivity index (χ0n) is 10.7. The summed E-state index contributed by atoms with van der Waals surface area (Å²) >= 11 is 0. The highest BCUT2D eigenvalue weighted by molar-refractivity contribution is 5.10. The van der Waals surface area contributed by atoms with E-state index in [1.165, 1.54) is 45.1 Å². The van der Waals surface area contributed by atoms with Crippen LogP contribution in [0.1, 0.15) is 38.5 Å². The van der Waals surface area contributed by atoms with Crippen LogP contribution >= 0.6 is 0 Å². The summed E-state index contributed by atoms with van der Waals surface area (Å²) in [6.45, 7) is 3.13. The van der Waals surface area contributed by atoms with Gasteiger partial charge >= 0.3 is 0 Å². The zero-order valence-corrected chi connectivity index (χ0v) is 10.7. The van der Waals surface area contributed by atoms with Crippen molar-refractivity contribution in [2.45, 2.75) is 44.6 Å². The Labute approximate surface area is 105 Å². The number of hydrogen-bond donors (Lipinski definition) is 1. The number of nitrogens with one attached hydrogen (secondary N) is 1. The minimum Gasteiger partial charge on any atom is -0.377 e. The van der Waals surface area contributed by atoms with E-state index in [0.717, 1.165) is 30.9 Å². The minimum atomic E-state index is 0.572. The number of rotatable bonds is 6. The normalized spacial score (nSPS) is 36.1. The van der Waals surface area contributed by atoms with E-state index >= 15 is 0 Å². The van der Waals surface area contributed by atoms with Crippen LogP contribution in [0.15, 0.2) is 12.2 Å². The molecule has 2 bridgehead atoms. The monoisotopic (exact) mass is 235 g/mol. The van der Waals surface area contributed by atoms with Gasteiger partial charge in [0.1, 0.15) is 0 Å². The number of ether oxygens (including phenoxy) is 1. The van der Waals surface area contributed by atoms with Crippen LogP contribution in [-0.2, 0) is 4.74 Å². The summed E-state index contributed by atoms with van der Waals surface area (Å²) < 4.78 is 5.85. The van der Waals surface area contributed by atoms with Crippen molar-refractivity contribution in [3.8, 4) is 0 Å². The Morgan fingerprint density at radius 3 is 2.71 bits per heavy atom. The molecule has 0 aromatic rings. The zero-order chi connectivity index (χ0) is 11.5. The maximum absolute atomic E-state index is 5.85. The SMILES string of the molecule is C1=CC2CC1CC2CNCCOC1CCCC1. The highest BCUT2D eigenvalue weighted by Crippen LogP contribution is 2.42. The largest absolute Gasteiger partial charge is 0.377 e. The van der Waals surface area contributed by atoms with Gasteiger partial charge in [-0.1, -0.05) is 25.0 Å². The molecule has 0 heterocycles. The van der Waals surface area contributed by atoms with Crippen LogP contribution in [0.3, 0.4) is 0 Å². The molecular formula is C15H25NO. The molecule has 0 saturated heterocycles. The first-order chi connectivity index (χ1) is 8.42. The van der Waals surface area contributed by atoms with Gasteiger partial charge in [0.05, 0.1) is 12.7 Å². The van der Waals surface area contributed by atoms with E-state index < -0.39 is 0 Å². The topological polar surface area (TPSA) is 21.3 Å². The van der Waals surface area contributed by atoms with Crippen molar-refractivity contribution < 1.29 is 4.74 Å². The van der Waals surface area contributed by atoms with Crippen molar-refractivity contribution >= 4 is 0 Å². The molecule has 1 N–H and O–H groups in total. The van der Waals surface area contributed by atoms with Crippen molar-refractivity contribution in [1.29, 1.82) is 0 Å². The van der Waals surface area contributed by atoms with Gasteiger partial charge in [0, 0.05) is 6.54 Å². The summed E-state index contributed by atoms with van der Waals surface area (Å²) in [5.41, 5.74) is 0. The van der Waals surface area contributed by atoms with Crippen LogP contribution in [0, 0.1) is 17.8 Å². The lowest BCUT2D eigenvalue weighted by Gasteiger charge is -2.19. The van der Waals surface area contributed by atoms with Crippen LogP contribution in [0.2, 0.25) is 0 Å². The quantitative estimate of drug-likeness (QED) is 0.564. The fourth-order valence-corrected chi connectivity index (χ4v) is 3.77. The number of hydrogen-bond acceptors (Lipinski definition) is 2. The molecule has 0 amide bonds. The van der Waals surface area contributed by atoms with Crippen LogP contribution in [0.5, 0.6) is 0 Å². The van der Waals surface area contributed by atoms with Crippen molar-refractivity contribution in [2.75, 3.05) is 19.7 Å². The fourth-order valence-electron chi connectivity index (χ4n) is 3.77. The van der Waals surface area contributed by atoms with Gasteiger partial charge in [0.15, 0.2) is 0 Å². The Hall–Kier alpha value is -0.340. The standard InChI is InChI=1S/C15H25NO/c1-2-4-15(3-1)17-8-7-16-11-14-10-12-5-6-13(14)9-12/h5-6,12-16H,1-4,7-11H2. The molecule has 2 nitrogen and oxygen atoms in total. The average molecular weight is 235 g/mol. The van der Waals surface area contributed by atoms with Gasteiger partial charge in [-0.15, -0.1) is 0 Å². The van der Waals surface area contributed by atoms with E-state index in [1.54, 1.807) is 0 Å². The summed E-state index contributed by atoms with van der Waals surface area (Å²) in [4.78, 5) is 0. The van der Waals surface area contributed by atoms with Gasteiger partial charge in [0.25, 0.3) is 0 Å². The van der Waals surface area contributed by atoms with Crippen molar-refractivity contribution in [2.24, 2.45) is 17.8 Å². The molecule has 3 atom stereocenters. The second kappa shape index (κ2) is 5.53. The van der Waals surface area contributed by atoms with Crippen LogP contribution in [-0.4, -0.2) is 25.8 Å². The summed E-state index contributed by atoms with van der Waals surface area (Å²) in [7, 11) is 0. The Bertz CT molecular complexity index is 270. The summed E-state index contributed by atoms with van der Waals surface area (Å²) in [5.74, 6) is 2.68. The second-order valence-corrected chi connectivity index (χ2v) is 6.02. The van der Waals surface area contributed by atoms with E-state index in [9.17, 15) is 0 Å². The predicted molar refractivity (Wildman–Crippen MR) is 69.9 cm³/mol. The van der Waals surface area contributed by atoms with E-state index in [0.29, 0.717) is 6.10 Å². The molecule has 0 radical (unpaired) electrons. The first kappa shape index (κ1) is 11.7. The molecule has 96 valence electrons. The third-order valence-electron chi connectivity index (χ3n) is 4.76. The number of allylic oxidation sites excluding steroid dienone is 2. The Morgan fingerprint density at radius 1 is 1.12 bits per heavy atom. The van der Waals surface area contributed by atoms with E-state index in [2.05, 4.69) is 17.5 Å². The van der Waals surface area contributed by atoms with E-state index in [1.807, 2.05) is 0 Å². The van der Waals surface area contributed by atoms with Gasteiger partial charge in [-0.25, -0.2) is 0 Å². The third kappa shape index (κ3) is 2.92. The van der Waals surface area contributed by atoms with E-state index in [4.69, 9.17) is 4.74 Å². The van der Waals surface area contributed by atoms with Crippen molar-refractivity contribution in [3.63, 3.8) is 0 Å². The van der Waals surface area contributed by atoms with Gasteiger partial charge in [-0.05, 0) is 50.0 Å². The second-order valence-electron chi connectivity index (χ2n) is 6.02. The molecule has 3 rings (SSSR count). The lowest BCUT2D eigenvalue weighted by Crippen LogP contribution is -2.29. The summed E-state index contributed by atoms with van der Waals surface area (Å²) in [6, 6.07) is 0. The highest BCUT2D eigenvalue weighted by Gasteiger charge is 2.34. The Kier molecular flexibility index (Phi) is 3.82. The lowest BCUT2D eigenvalue weighted by atomic mass is 9.94. The van der Waals surface area contributed by atoms with Crippen molar-refractivity contribution in [1.82, 2.24) is 5.32 Å². The van der Waals surface area contributed by atoms with E-state index in [-0.39, 0.29) is 0 Å². The van der Waals surface area contributed by atoms with Crippen LogP contribution in [0.25, 0.3) is 0 Å². The molecule has 2 saturated carbocycles. The Balaban J connectivity index is 1.25. The van der Waals surface area contributed by atoms with Crippen LogP contribution < -0.4 is 5.32 Å². The Morgan fingerprint density at radius 2 is 2.00 bits per heavy atom. The third-order valence-corrected chi connectivity index (χ3v) is 4.76. The average Bonchev–Trinajstić information content (AvgIpc) is 3.05. The predicted octanol–water partition coefficient (Wildman–Crippen LogP) is 2.75. The summed E-state index contributed by atoms with van der Waals surface area (Å²) in [6.07, 6.45) is 13.6. The molecule has 2 fully saturated rings. The fraction of sp³-hybridized carbons (Fsp3) is 0.867. The first-order valence-corrected chi connectivity index (χ1v) is 7.42. The highest BCUT2D eigenvalue weighted by atomic mass is 16.5. The molecule has 17 heavy (non-hydrogen) atoms. The summed E-state index contributed by atoms with van der Waals surface area (Å²) in [5, 5.41) is 3.58. The number of fused-ring (bicyclic) bond motifs is 2. The van der Waals surface area contributed by atoms with Crippen molar-refractivity contribution in [3.05, 3.63) is 12.2 Å². The molecule has 3 aliphatic carbocycles. The van der Waals surface area contributed by atoms with Gasteiger partial charge < -0.3 is 10.1 Å². The molecule has 3 unspecified atom stereocenters. The molecule has 3 aliphatic rings. The molecule has 0 spiro atoms. The maximum Gasteiger partial charge on any atom is 0.0594 e. The van der Waals surface area contributed by atoms with Crippen LogP contribution in [0.4, 0.5) is 0 Å². The molecular weight excluding hydrogens is 210 g/mol. The molecule has 0 aliphatic heterocycles. The maximum atomic E-state index is 5.85. The molecule has 0 aromatic heterocycles. The smallest absolute Gasteiger partial charge is 0.0594 e. The first-order valence-electron chi connectivity index (χ1n) is 7.42. The minimum absolute atomic E-state index is 0.572. The molecule has 0 aromatic carbocycles. The lowest BCUT2D eigenvalue weighted by molar-refractivity contribution is 0.0599. The molecule has 2 heteroatoms.